The van der Waals surface area contributed by atoms with Gasteiger partial charge in [-0.15, -0.1) is 0 Å². The topological polar surface area (TPSA) is 49.4 Å². The molecule has 0 spiro atoms. The summed E-state index contributed by atoms with van der Waals surface area (Å²) in [6, 6.07) is 8.23. The van der Waals surface area contributed by atoms with Gasteiger partial charge in [0.05, 0.1) is 6.04 Å². The van der Waals surface area contributed by atoms with Crippen molar-refractivity contribution in [3.05, 3.63) is 35.4 Å². The molecule has 1 fully saturated rings. The number of likely N-dealkylation sites (tertiary alicyclic amines) is 1. The van der Waals surface area contributed by atoms with Gasteiger partial charge >= 0.3 is 0 Å². The predicted molar refractivity (Wildman–Crippen MR) is 82.7 cm³/mol. The summed E-state index contributed by atoms with van der Waals surface area (Å²) in [4.78, 5) is 25.7. The van der Waals surface area contributed by atoms with E-state index in [1.54, 1.807) is 0 Å². The number of hydrogen-bond acceptors (Lipinski definition) is 3. The van der Waals surface area contributed by atoms with Crippen LogP contribution in [0.25, 0.3) is 0 Å². The minimum absolute atomic E-state index is 0.00286. The first-order valence-corrected chi connectivity index (χ1v) is 7.64. The van der Waals surface area contributed by atoms with Crippen LogP contribution in [0.5, 0.6) is 0 Å². The number of benzene rings is 1. The van der Waals surface area contributed by atoms with Crippen molar-refractivity contribution >= 4 is 11.8 Å². The Hall–Kier alpha value is -1.68. The van der Waals surface area contributed by atoms with Gasteiger partial charge in [0.25, 0.3) is 0 Å². The maximum atomic E-state index is 12.1. The molecule has 0 aromatic heterocycles. The smallest absolute Gasteiger partial charge is 0.229 e. The summed E-state index contributed by atoms with van der Waals surface area (Å²) in [6.07, 6.45) is 0.941. The van der Waals surface area contributed by atoms with Crippen molar-refractivity contribution in [1.29, 1.82) is 0 Å². The van der Waals surface area contributed by atoms with E-state index in [-0.39, 0.29) is 23.8 Å². The van der Waals surface area contributed by atoms with Gasteiger partial charge < -0.3 is 5.32 Å². The number of carbonyl (C=O) groups is 2. The molecule has 1 heterocycles. The first-order valence-electron chi connectivity index (χ1n) is 7.64. The lowest BCUT2D eigenvalue weighted by molar-refractivity contribution is -0.150. The Morgan fingerprint density at radius 1 is 1.19 bits per heavy atom. The van der Waals surface area contributed by atoms with Gasteiger partial charge in [0, 0.05) is 19.4 Å². The van der Waals surface area contributed by atoms with E-state index in [0.717, 1.165) is 12.1 Å². The van der Waals surface area contributed by atoms with Crippen LogP contribution >= 0.6 is 0 Å². The molecule has 0 aliphatic carbocycles. The number of rotatable bonds is 5. The molecule has 0 saturated carbocycles. The average Bonchev–Trinajstić information content (AvgIpc) is 2.42. The van der Waals surface area contributed by atoms with Gasteiger partial charge in [-0.1, -0.05) is 43.7 Å². The lowest BCUT2D eigenvalue weighted by atomic mass is 9.96. The Balaban J connectivity index is 2.14. The molecule has 2 rings (SSSR count). The first kappa shape index (κ1) is 15.7. The van der Waals surface area contributed by atoms with E-state index in [2.05, 4.69) is 29.6 Å². The second-order valence-electron chi connectivity index (χ2n) is 5.93. The normalized spacial score (nSPS) is 18.1. The lowest BCUT2D eigenvalue weighted by Crippen LogP contribution is -2.46. The number of aryl methyl sites for hydroxylation is 1. The third kappa shape index (κ3) is 3.91. The number of likely N-dealkylation sites (N-methyl/N-ethyl adjacent to an activating group) is 1. The summed E-state index contributed by atoms with van der Waals surface area (Å²) in [5, 5.41) is 3.37. The Morgan fingerprint density at radius 3 is 2.29 bits per heavy atom. The van der Waals surface area contributed by atoms with Crippen molar-refractivity contribution in [3.8, 4) is 0 Å². The SMILES string of the molecule is CCNC(CN1C(=O)CC(C)CC1=O)c1ccc(C)cc1. The van der Waals surface area contributed by atoms with Crippen LogP contribution in [0.4, 0.5) is 0 Å². The molecule has 1 atom stereocenters. The fraction of sp³-hybridized carbons (Fsp3) is 0.529. The summed E-state index contributed by atoms with van der Waals surface area (Å²) < 4.78 is 0. The lowest BCUT2D eigenvalue weighted by Gasteiger charge is -2.32. The molecule has 0 bridgehead atoms. The van der Waals surface area contributed by atoms with Crippen LogP contribution in [-0.2, 0) is 9.59 Å². The van der Waals surface area contributed by atoms with Crippen molar-refractivity contribution in [2.24, 2.45) is 5.92 Å². The minimum atomic E-state index is -0.0474. The van der Waals surface area contributed by atoms with Crippen molar-refractivity contribution in [3.63, 3.8) is 0 Å². The molecular formula is C17H24N2O2. The summed E-state index contributed by atoms with van der Waals surface area (Å²) in [5.74, 6) is 0.0701. The Bertz CT molecular complexity index is 492. The van der Waals surface area contributed by atoms with Gasteiger partial charge in [0.2, 0.25) is 11.8 Å². The van der Waals surface area contributed by atoms with Crippen LogP contribution in [0.15, 0.2) is 24.3 Å². The molecule has 1 unspecified atom stereocenters. The number of amides is 2. The Labute approximate surface area is 126 Å². The number of nitrogens with zero attached hydrogens (tertiary/aromatic N) is 1. The van der Waals surface area contributed by atoms with Gasteiger partial charge in [-0.25, -0.2) is 0 Å². The Kier molecular flexibility index (Phi) is 5.12. The molecule has 114 valence electrons. The van der Waals surface area contributed by atoms with E-state index in [1.807, 2.05) is 20.8 Å². The van der Waals surface area contributed by atoms with E-state index in [0.29, 0.717) is 19.4 Å². The van der Waals surface area contributed by atoms with Crippen molar-refractivity contribution in [1.82, 2.24) is 10.2 Å². The van der Waals surface area contributed by atoms with Gasteiger partial charge in [0.15, 0.2) is 0 Å². The second kappa shape index (κ2) is 6.85. The fourth-order valence-corrected chi connectivity index (χ4v) is 2.75. The molecule has 1 aliphatic heterocycles. The van der Waals surface area contributed by atoms with Gasteiger partial charge in [-0.05, 0) is 24.9 Å². The molecule has 1 saturated heterocycles. The van der Waals surface area contributed by atoms with Crippen molar-refractivity contribution in [2.75, 3.05) is 13.1 Å². The molecule has 21 heavy (non-hydrogen) atoms. The average molecular weight is 288 g/mol. The molecule has 2 amide bonds. The Morgan fingerprint density at radius 2 is 1.76 bits per heavy atom. The van der Waals surface area contributed by atoms with Crippen LogP contribution in [0, 0.1) is 12.8 Å². The van der Waals surface area contributed by atoms with Crippen molar-refractivity contribution in [2.45, 2.75) is 39.7 Å². The number of carbonyl (C=O) groups excluding carboxylic acids is 2. The molecule has 1 aliphatic rings. The summed E-state index contributed by atoms with van der Waals surface area (Å²) >= 11 is 0. The summed E-state index contributed by atoms with van der Waals surface area (Å²) in [5.41, 5.74) is 2.31. The molecule has 4 nitrogen and oxygen atoms in total. The van der Waals surface area contributed by atoms with Gasteiger partial charge in [-0.3, -0.25) is 14.5 Å². The molecule has 4 heteroatoms. The number of hydrogen-bond donors (Lipinski definition) is 1. The van der Waals surface area contributed by atoms with Crippen molar-refractivity contribution < 1.29 is 9.59 Å². The van der Waals surface area contributed by atoms with E-state index >= 15 is 0 Å². The van der Waals surface area contributed by atoms with Crippen LogP contribution in [0.2, 0.25) is 0 Å². The van der Waals surface area contributed by atoms with Crippen LogP contribution in [0.1, 0.15) is 43.9 Å². The third-order valence-electron chi connectivity index (χ3n) is 3.94. The molecule has 1 N–H and O–H groups in total. The van der Waals surface area contributed by atoms with Crippen LogP contribution < -0.4 is 5.32 Å². The monoisotopic (exact) mass is 288 g/mol. The zero-order valence-corrected chi connectivity index (χ0v) is 13.1. The van der Waals surface area contributed by atoms with Gasteiger partial charge in [-0.2, -0.15) is 0 Å². The van der Waals surface area contributed by atoms with E-state index < -0.39 is 0 Å². The zero-order valence-electron chi connectivity index (χ0n) is 13.1. The highest BCUT2D eigenvalue weighted by molar-refractivity contribution is 5.97. The molecule has 1 aromatic rings. The summed E-state index contributed by atoms with van der Waals surface area (Å²) in [7, 11) is 0. The predicted octanol–water partition coefficient (Wildman–Crippen LogP) is 2.43. The molecule has 0 radical (unpaired) electrons. The maximum Gasteiger partial charge on any atom is 0.229 e. The summed E-state index contributed by atoms with van der Waals surface area (Å²) in [6.45, 7) is 7.25. The highest BCUT2D eigenvalue weighted by Crippen LogP contribution is 2.22. The fourth-order valence-electron chi connectivity index (χ4n) is 2.75. The maximum absolute atomic E-state index is 12.1. The highest BCUT2D eigenvalue weighted by Gasteiger charge is 2.31. The zero-order chi connectivity index (χ0) is 15.4. The van der Waals surface area contributed by atoms with Gasteiger partial charge in [0.1, 0.15) is 0 Å². The standard InChI is InChI=1S/C17H24N2O2/c1-4-18-15(14-7-5-12(2)6-8-14)11-19-16(20)9-13(3)10-17(19)21/h5-8,13,15,18H,4,9-11H2,1-3H3. The minimum Gasteiger partial charge on any atom is -0.309 e. The molecule has 1 aromatic carbocycles. The second-order valence-corrected chi connectivity index (χ2v) is 5.93. The third-order valence-corrected chi connectivity index (χ3v) is 3.94. The number of piperidine rings is 1. The van der Waals surface area contributed by atoms with E-state index in [1.165, 1.54) is 10.5 Å². The van der Waals surface area contributed by atoms with Crippen LogP contribution in [0.3, 0.4) is 0 Å². The number of nitrogens with one attached hydrogen (secondary N) is 1. The quantitative estimate of drug-likeness (QED) is 0.847. The first-order chi connectivity index (χ1) is 10.0. The molecular weight excluding hydrogens is 264 g/mol. The van der Waals surface area contributed by atoms with Crippen LogP contribution in [-0.4, -0.2) is 29.8 Å². The van der Waals surface area contributed by atoms with E-state index in [4.69, 9.17) is 0 Å². The highest BCUT2D eigenvalue weighted by atomic mass is 16.2. The number of imide groups is 1. The van der Waals surface area contributed by atoms with E-state index in [9.17, 15) is 9.59 Å². The largest absolute Gasteiger partial charge is 0.309 e.